The van der Waals surface area contributed by atoms with Gasteiger partial charge in [0.25, 0.3) is 0 Å². The third kappa shape index (κ3) is 8.96. The zero-order valence-electron chi connectivity index (χ0n) is 14.4. The van der Waals surface area contributed by atoms with Crippen molar-refractivity contribution in [3.05, 3.63) is 35.9 Å². The summed E-state index contributed by atoms with van der Waals surface area (Å²) < 4.78 is 0. The highest BCUT2D eigenvalue weighted by molar-refractivity contribution is 5.19. The minimum absolute atomic E-state index is 0.800. The van der Waals surface area contributed by atoms with Crippen LogP contribution >= 0.6 is 0 Å². The van der Waals surface area contributed by atoms with Crippen molar-refractivity contribution in [3.63, 3.8) is 0 Å². The van der Waals surface area contributed by atoms with Crippen LogP contribution in [0.2, 0.25) is 0 Å². The number of hydrogen-bond donors (Lipinski definition) is 0. The molecule has 0 fully saturated rings. The molecule has 1 aromatic carbocycles. The van der Waals surface area contributed by atoms with Crippen LogP contribution in [0, 0.1) is 0 Å². The van der Waals surface area contributed by atoms with Crippen molar-refractivity contribution in [2.75, 3.05) is 0 Å². The first-order valence-corrected chi connectivity index (χ1v) is 9.43. The SMILES string of the molecule is CCCCCCCCC(CCCCCC)c1ccccc1. The van der Waals surface area contributed by atoms with E-state index in [0.29, 0.717) is 0 Å². The summed E-state index contributed by atoms with van der Waals surface area (Å²) in [4.78, 5) is 0. The number of benzene rings is 1. The summed E-state index contributed by atoms with van der Waals surface area (Å²) in [6.45, 7) is 4.59. The molecule has 0 aromatic heterocycles. The van der Waals surface area contributed by atoms with Crippen LogP contribution in [-0.4, -0.2) is 0 Å². The van der Waals surface area contributed by atoms with Gasteiger partial charge >= 0.3 is 0 Å². The fourth-order valence-electron chi connectivity index (χ4n) is 3.19. The Kier molecular flexibility index (Phi) is 11.2. The molecule has 1 aromatic rings. The molecular formula is C21H36. The highest BCUT2D eigenvalue weighted by Gasteiger charge is 2.10. The fourth-order valence-corrected chi connectivity index (χ4v) is 3.19. The summed E-state index contributed by atoms with van der Waals surface area (Å²) in [6.07, 6.45) is 16.8. The Balaban J connectivity index is 2.30. The van der Waals surface area contributed by atoms with Gasteiger partial charge < -0.3 is 0 Å². The second-order valence-electron chi connectivity index (χ2n) is 6.51. The van der Waals surface area contributed by atoms with Gasteiger partial charge in [-0.15, -0.1) is 0 Å². The normalized spacial score (nSPS) is 12.5. The molecule has 1 rings (SSSR count). The minimum Gasteiger partial charge on any atom is -0.0654 e. The van der Waals surface area contributed by atoms with Gasteiger partial charge in [-0.05, 0) is 24.3 Å². The molecule has 0 aliphatic rings. The number of hydrogen-bond acceptors (Lipinski definition) is 0. The lowest BCUT2D eigenvalue weighted by Crippen LogP contribution is -1.99. The Labute approximate surface area is 133 Å². The number of rotatable bonds is 13. The molecule has 0 spiro atoms. The lowest BCUT2D eigenvalue weighted by molar-refractivity contribution is 0.491. The third-order valence-corrected chi connectivity index (χ3v) is 4.58. The maximum atomic E-state index is 2.33. The van der Waals surface area contributed by atoms with Gasteiger partial charge in [0.05, 0.1) is 0 Å². The zero-order chi connectivity index (χ0) is 15.2. The predicted octanol–water partition coefficient (Wildman–Crippen LogP) is 7.49. The van der Waals surface area contributed by atoms with Crippen molar-refractivity contribution in [2.24, 2.45) is 0 Å². The molecule has 0 amide bonds. The van der Waals surface area contributed by atoms with Crippen molar-refractivity contribution < 1.29 is 0 Å². The van der Waals surface area contributed by atoms with Crippen molar-refractivity contribution in [1.29, 1.82) is 0 Å². The largest absolute Gasteiger partial charge is 0.0654 e. The van der Waals surface area contributed by atoms with E-state index in [2.05, 4.69) is 44.2 Å². The van der Waals surface area contributed by atoms with E-state index in [0.717, 1.165) is 5.92 Å². The second kappa shape index (κ2) is 12.9. The molecule has 0 radical (unpaired) electrons. The van der Waals surface area contributed by atoms with Crippen molar-refractivity contribution in [1.82, 2.24) is 0 Å². The van der Waals surface area contributed by atoms with Gasteiger partial charge in [-0.25, -0.2) is 0 Å². The van der Waals surface area contributed by atoms with E-state index in [1.54, 1.807) is 5.56 Å². The van der Waals surface area contributed by atoms with Gasteiger partial charge in [-0.2, -0.15) is 0 Å². The Morgan fingerprint density at radius 3 is 1.67 bits per heavy atom. The smallest absolute Gasteiger partial charge is 0.0162 e. The van der Waals surface area contributed by atoms with E-state index in [9.17, 15) is 0 Å². The third-order valence-electron chi connectivity index (χ3n) is 4.58. The van der Waals surface area contributed by atoms with Crippen LogP contribution in [0.25, 0.3) is 0 Å². The highest BCUT2D eigenvalue weighted by atomic mass is 14.2. The Morgan fingerprint density at radius 2 is 1.10 bits per heavy atom. The summed E-state index contributed by atoms with van der Waals surface area (Å²) in [6, 6.07) is 11.2. The molecule has 0 aliphatic carbocycles. The quantitative estimate of drug-likeness (QED) is 0.330. The Morgan fingerprint density at radius 1 is 0.619 bits per heavy atom. The van der Waals surface area contributed by atoms with Crippen molar-refractivity contribution >= 4 is 0 Å². The van der Waals surface area contributed by atoms with Crippen molar-refractivity contribution in [2.45, 2.75) is 96.8 Å². The van der Waals surface area contributed by atoms with Crippen LogP contribution in [0.4, 0.5) is 0 Å². The fraction of sp³-hybridized carbons (Fsp3) is 0.714. The molecule has 0 saturated carbocycles. The summed E-state index contributed by atoms with van der Waals surface area (Å²) >= 11 is 0. The summed E-state index contributed by atoms with van der Waals surface area (Å²) in [5.74, 6) is 0.800. The highest BCUT2D eigenvalue weighted by Crippen LogP contribution is 2.28. The predicted molar refractivity (Wildman–Crippen MR) is 95.9 cm³/mol. The van der Waals surface area contributed by atoms with Crippen LogP contribution in [0.15, 0.2) is 30.3 Å². The molecule has 0 N–H and O–H groups in total. The van der Waals surface area contributed by atoms with Crippen molar-refractivity contribution in [3.8, 4) is 0 Å². The topological polar surface area (TPSA) is 0 Å². The Bertz CT molecular complexity index is 314. The summed E-state index contributed by atoms with van der Waals surface area (Å²) in [5.41, 5.74) is 1.57. The molecule has 1 atom stereocenters. The number of unbranched alkanes of at least 4 members (excludes halogenated alkanes) is 8. The van der Waals surface area contributed by atoms with E-state index in [-0.39, 0.29) is 0 Å². The molecule has 1 unspecified atom stereocenters. The molecular weight excluding hydrogens is 252 g/mol. The van der Waals surface area contributed by atoms with Crippen LogP contribution < -0.4 is 0 Å². The van der Waals surface area contributed by atoms with E-state index >= 15 is 0 Å². The maximum absolute atomic E-state index is 2.33. The minimum atomic E-state index is 0.800. The molecule has 0 aliphatic heterocycles. The van der Waals surface area contributed by atoms with Gasteiger partial charge in [0.1, 0.15) is 0 Å². The van der Waals surface area contributed by atoms with E-state index in [1.165, 1.54) is 77.0 Å². The van der Waals surface area contributed by atoms with Gasteiger partial charge in [-0.1, -0.05) is 108 Å². The van der Waals surface area contributed by atoms with Crippen LogP contribution in [0.3, 0.4) is 0 Å². The summed E-state index contributed by atoms with van der Waals surface area (Å²) in [5, 5.41) is 0. The molecule has 120 valence electrons. The average Bonchev–Trinajstić information content (AvgIpc) is 2.53. The molecule has 0 heterocycles. The zero-order valence-corrected chi connectivity index (χ0v) is 14.4. The molecule has 21 heavy (non-hydrogen) atoms. The van der Waals surface area contributed by atoms with E-state index in [1.807, 2.05) is 0 Å². The molecule has 0 nitrogen and oxygen atoms in total. The first-order chi connectivity index (χ1) is 10.4. The van der Waals surface area contributed by atoms with Gasteiger partial charge in [-0.3, -0.25) is 0 Å². The van der Waals surface area contributed by atoms with Gasteiger partial charge in [0.15, 0.2) is 0 Å². The molecule has 0 heteroatoms. The van der Waals surface area contributed by atoms with E-state index < -0.39 is 0 Å². The monoisotopic (exact) mass is 288 g/mol. The lowest BCUT2D eigenvalue weighted by atomic mass is 9.88. The second-order valence-corrected chi connectivity index (χ2v) is 6.51. The summed E-state index contributed by atoms with van der Waals surface area (Å²) in [7, 11) is 0. The van der Waals surface area contributed by atoms with Gasteiger partial charge in [0.2, 0.25) is 0 Å². The van der Waals surface area contributed by atoms with Crippen LogP contribution in [0.1, 0.15) is 102 Å². The molecule has 0 bridgehead atoms. The van der Waals surface area contributed by atoms with Crippen LogP contribution in [-0.2, 0) is 0 Å². The van der Waals surface area contributed by atoms with Gasteiger partial charge in [0, 0.05) is 0 Å². The first-order valence-electron chi connectivity index (χ1n) is 9.43. The Hall–Kier alpha value is -0.780. The standard InChI is InChI=1S/C21H36/c1-3-5-7-9-10-13-17-20(16-12-8-6-4-2)21-18-14-11-15-19-21/h11,14-15,18-20H,3-10,12-13,16-17H2,1-2H3. The van der Waals surface area contributed by atoms with Crippen LogP contribution in [0.5, 0.6) is 0 Å². The average molecular weight is 289 g/mol. The molecule has 0 saturated heterocycles. The maximum Gasteiger partial charge on any atom is -0.0162 e. The van der Waals surface area contributed by atoms with E-state index in [4.69, 9.17) is 0 Å². The lowest BCUT2D eigenvalue weighted by Gasteiger charge is -2.17. The first kappa shape index (κ1) is 18.3.